The number of thioether (sulfide) groups is 1. The van der Waals surface area contributed by atoms with Crippen molar-refractivity contribution in [3.05, 3.63) is 71.7 Å². The number of amidine groups is 1. The summed E-state index contributed by atoms with van der Waals surface area (Å²) in [6.45, 7) is 2.13. The molecular formula is C22H21FN2O3S. The van der Waals surface area contributed by atoms with Crippen molar-refractivity contribution in [3.8, 4) is 0 Å². The molecule has 0 aliphatic carbocycles. The maximum absolute atomic E-state index is 13.3. The van der Waals surface area contributed by atoms with Crippen LogP contribution >= 0.6 is 11.8 Å². The number of amides is 1. The molecule has 1 amide bonds. The van der Waals surface area contributed by atoms with E-state index in [1.807, 2.05) is 30.3 Å². The van der Waals surface area contributed by atoms with Crippen LogP contribution in [0.3, 0.4) is 0 Å². The number of esters is 1. The van der Waals surface area contributed by atoms with Crippen LogP contribution in [-0.2, 0) is 14.3 Å². The molecule has 1 aliphatic rings. The van der Waals surface area contributed by atoms with Crippen LogP contribution in [0, 0.1) is 5.82 Å². The Morgan fingerprint density at radius 2 is 1.90 bits per heavy atom. The van der Waals surface area contributed by atoms with Gasteiger partial charge in [0.1, 0.15) is 11.5 Å². The monoisotopic (exact) mass is 412 g/mol. The van der Waals surface area contributed by atoms with Crippen molar-refractivity contribution >= 4 is 40.6 Å². The molecule has 0 aromatic heterocycles. The number of carbonyl (C=O) groups excluding carboxylic acids is 2. The molecule has 1 heterocycles. The number of anilines is 1. The zero-order valence-electron chi connectivity index (χ0n) is 16.0. The molecule has 0 N–H and O–H groups in total. The van der Waals surface area contributed by atoms with Gasteiger partial charge in [0, 0.05) is 12.2 Å². The molecule has 3 rings (SSSR count). The van der Waals surface area contributed by atoms with Crippen molar-refractivity contribution in [3.63, 3.8) is 0 Å². The zero-order valence-corrected chi connectivity index (χ0v) is 16.8. The lowest BCUT2D eigenvalue weighted by Crippen LogP contribution is -2.30. The second-order valence-electron chi connectivity index (χ2n) is 6.21. The summed E-state index contributed by atoms with van der Waals surface area (Å²) in [5, 5.41) is 0.507. The summed E-state index contributed by atoms with van der Waals surface area (Å²) in [7, 11) is 0. The first-order valence-corrected chi connectivity index (χ1v) is 10.3. The van der Waals surface area contributed by atoms with Gasteiger partial charge in [0.05, 0.1) is 12.3 Å². The van der Waals surface area contributed by atoms with Gasteiger partial charge in [0.25, 0.3) is 5.91 Å². The Labute approximate surface area is 173 Å². The average Bonchev–Trinajstić information content (AvgIpc) is 3.02. The minimum atomic E-state index is -0.374. The molecule has 0 saturated carbocycles. The largest absolute Gasteiger partial charge is 0.466 e. The van der Waals surface area contributed by atoms with E-state index in [1.165, 1.54) is 28.8 Å². The van der Waals surface area contributed by atoms with E-state index in [9.17, 15) is 14.0 Å². The van der Waals surface area contributed by atoms with Crippen molar-refractivity contribution in [1.29, 1.82) is 0 Å². The SMILES string of the molecule is CCOC(=O)CCCSC1=N/C(=C\c2ccccc2)C(=O)N1c1ccc(F)cc1. The Bertz CT molecular complexity index is 927. The van der Waals surface area contributed by atoms with Crippen molar-refractivity contribution in [1.82, 2.24) is 0 Å². The number of benzene rings is 2. The van der Waals surface area contributed by atoms with E-state index in [4.69, 9.17) is 4.74 Å². The Hall–Kier alpha value is -2.93. The molecule has 0 unspecified atom stereocenters. The number of rotatable bonds is 7. The predicted molar refractivity (Wildman–Crippen MR) is 114 cm³/mol. The highest BCUT2D eigenvalue weighted by molar-refractivity contribution is 8.14. The highest BCUT2D eigenvalue weighted by Crippen LogP contribution is 2.30. The summed E-state index contributed by atoms with van der Waals surface area (Å²) in [6.07, 6.45) is 2.64. The van der Waals surface area contributed by atoms with E-state index < -0.39 is 0 Å². The molecule has 0 fully saturated rings. The number of halogens is 1. The second-order valence-corrected chi connectivity index (χ2v) is 7.27. The standard InChI is InChI=1S/C22H21FN2O3S/c1-2-28-20(26)9-6-14-29-22-24-19(15-16-7-4-3-5-8-16)21(27)25(22)18-12-10-17(23)11-13-18/h3-5,7-8,10-13,15H,2,6,9,14H2,1H3/b19-15-. The maximum Gasteiger partial charge on any atom is 0.305 e. The molecule has 150 valence electrons. The molecule has 2 aromatic carbocycles. The summed E-state index contributed by atoms with van der Waals surface area (Å²) in [6, 6.07) is 15.2. The van der Waals surface area contributed by atoms with Crippen LogP contribution < -0.4 is 4.90 Å². The number of nitrogens with zero attached hydrogens (tertiary/aromatic N) is 2. The van der Waals surface area contributed by atoms with Crippen LogP contribution in [0.15, 0.2) is 65.3 Å². The zero-order chi connectivity index (χ0) is 20.6. The fraction of sp³-hybridized carbons (Fsp3) is 0.227. The van der Waals surface area contributed by atoms with Gasteiger partial charge in [-0.25, -0.2) is 9.38 Å². The minimum Gasteiger partial charge on any atom is -0.466 e. The number of ether oxygens (including phenoxy) is 1. The van der Waals surface area contributed by atoms with Gasteiger partial charge >= 0.3 is 5.97 Å². The van der Waals surface area contributed by atoms with Crippen molar-refractivity contribution < 1.29 is 18.7 Å². The van der Waals surface area contributed by atoms with E-state index in [0.717, 1.165) is 5.56 Å². The van der Waals surface area contributed by atoms with Crippen molar-refractivity contribution in [2.24, 2.45) is 4.99 Å². The maximum atomic E-state index is 13.3. The van der Waals surface area contributed by atoms with Crippen LogP contribution in [0.25, 0.3) is 6.08 Å². The molecule has 0 saturated heterocycles. The van der Waals surface area contributed by atoms with Crippen LogP contribution in [0.2, 0.25) is 0 Å². The molecule has 29 heavy (non-hydrogen) atoms. The fourth-order valence-electron chi connectivity index (χ4n) is 2.73. The predicted octanol–water partition coefficient (Wildman–Crippen LogP) is 4.65. The summed E-state index contributed by atoms with van der Waals surface area (Å²) in [5.41, 5.74) is 1.73. The molecule has 2 aromatic rings. The topological polar surface area (TPSA) is 59.0 Å². The van der Waals surface area contributed by atoms with Gasteiger partial charge < -0.3 is 4.74 Å². The van der Waals surface area contributed by atoms with E-state index in [-0.39, 0.29) is 17.7 Å². The van der Waals surface area contributed by atoms with Gasteiger partial charge in [-0.3, -0.25) is 14.5 Å². The Morgan fingerprint density at radius 1 is 1.17 bits per heavy atom. The van der Waals surface area contributed by atoms with Gasteiger partial charge in [-0.15, -0.1) is 0 Å². The van der Waals surface area contributed by atoms with Crippen LogP contribution in [0.1, 0.15) is 25.3 Å². The minimum absolute atomic E-state index is 0.238. The quantitative estimate of drug-likeness (QED) is 0.377. The molecule has 1 aliphatic heterocycles. The first-order valence-electron chi connectivity index (χ1n) is 9.32. The van der Waals surface area contributed by atoms with Gasteiger partial charge in [0.2, 0.25) is 0 Å². The summed E-state index contributed by atoms with van der Waals surface area (Å²) < 4.78 is 18.3. The lowest BCUT2D eigenvalue weighted by Gasteiger charge is -2.17. The summed E-state index contributed by atoms with van der Waals surface area (Å²) >= 11 is 1.38. The first-order chi connectivity index (χ1) is 14.1. The first kappa shape index (κ1) is 20.8. The van der Waals surface area contributed by atoms with Crippen molar-refractivity contribution in [2.45, 2.75) is 19.8 Å². The molecule has 0 atom stereocenters. The molecule has 7 heteroatoms. The van der Waals surface area contributed by atoms with Gasteiger partial charge in [0.15, 0.2) is 5.17 Å². The fourth-order valence-corrected chi connectivity index (χ4v) is 3.68. The third kappa shape index (κ3) is 5.54. The lowest BCUT2D eigenvalue weighted by atomic mass is 10.2. The normalized spacial score (nSPS) is 15.0. The Balaban J connectivity index is 1.78. The number of carbonyl (C=O) groups is 2. The van der Waals surface area contributed by atoms with E-state index in [2.05, 4.69) is 4.99 Å². The van der Waals surface area contributed by atoms with Crippen LogP contribution in [0.5, 0.6) is 0 Å². The van der Waals surface area contributed by atoms with Crippen LogP contribution in [0.4, 0.5) is 10.1 Å². The number of hydrogen-bond acceptors (Lipinski definition) is 5. The number of aliphatic imine (C=N–C) groups is 1. The van der Waals surface area contributed by atoms with Gasteiger partial charge in [-0.2, -0.15) is 0 Å². The van der Waals surface area contributed by atoms with E-state index in [1.54, 1.807) is 25.1 Å². The highest BCUT2D eigenvalue weighted by atomic mass is 32.2. The van der Waals surface area contributed by atoms with E-state index >= 15 is 0 Å². The smallest absolute Gasteiger partial charge is 0.305 e. The lowest BCUT2D eigenvalue weighted by molar-refractivity contribution is -0.143. The third-order valence-electron chi connectivity index (χ3n) is 4.08. The van der Waals surface area contributed by atoms with Gasteiger partial charge in [-0.05, 0) is 49.2 Å². The Kier molecular flexibility index (Phi) is 7.19. The summed E-state index contributed by atoms with van der Waals surface area (Å²) in [4.78, 5) is 30.5. The molecule has 0 spiro atoms. The molecule has 5 nitrogen and oxygen atoms in total. The third-order valence-corrected chi connectivity index (χ3v) is 5.10. The van der Waals surface area contributed by atoms with E-state index in [0.29, 0.717) is 41.8 Å². The van der Waals surface area contributed by atoms with Gasteiger partial charge in [-0.1, -0.05) is 42.1 Å². The Morgan fingerprint density at radius 3 is 2.59 bits per heavy atom. The average molecular weight is 412 g/mol. The molecule has 0 radical (unpaired) electrons. The molecular weight excluding hydrogens is 391 g/mol. The molecule has 0 bridgehead atoms. The van der Waals surface area contributed by atoms with Crippen LogP contribution in [-0.4, -0.2) is 29.4 Å². The summed E-state index contributed by atoms with van der Waals surface area (Å²) in [5.74, 6) is -0.284. The second kappa shape index (κ2) is 10.0. The van der Waals surface area contributed by atoms with Crippen molar-refractivity contribution in [2.75, 3.05) is 17.3 Å². The highest BCUT2D eigenvalue weighted by Gasteiger charge is 2.31. The number of hydrogen-bond donors (Lipinski definition) is 0.